The quantitative estimate of drug-likeness (QED) is 0.834. The molecule has 3 rings (SSSR count). The number of nitrogens with one attached hydrogen (secondary N) is 2. The van der Waals surface area contributed by atoms with Crippen LogP contribution in [0.5, 0.6) is 0 Å². The van der Waals surface area contributed by atoms with Crippen LogP contribution in [0.3, 0.4) is 0 Å². The zero-order valence-electron chi connectivity index (χ0n) is 10.2. The minimum atomic E-state index is -0.000556. The average molecular weight is 244 g/mol. The van der Waals surface area contributed by atoms with Crippen LogP contribution in [0.25, 0.3) is 0 Å². The molecule has 18 heavy (non-hydrogen) atoms. The number of carbonyl (C=O) groups is 2. The lowest BCUT2D eigenvalue weighted by Crippen LogP contribution is -2.39. The third kappa shape index (κ3) is 2.10. The number of hydrogen-bond acceptors (Lipinski definition) is 2. The monoisotopic (exact) mass is 244 g/mol. The van der Waals surface area contributed by atoms with E-state index in [9.17, 15) is 9.59 Å². The SMILES string of the molecule is O=C1CCc2cc(C(=O)NC3CCC3)ccc2N1. The van der Waals surface area contributed by atoms with Crippen LogP contribution in [-0.2, 0) is 11.2 Å². The number of benzene rings is 1. The van der Waals surface area contributed by atoms with Crippen LogP contribution in [-0.4, -0.2) is 17.9 Å². The van der Waals surface area contributed by atoms with Gasteiger partial charge in [0.1, 0.15) is 0 Å². The largest absolute Gasteiger partial charge is 0.349 e. The molecule has 2 aliphatic rings. The molecule has 1 fully saturated rings. The van der Waals surface area contributed by atoms with Gasteiger partial charge in [0.25, 0.3) is 5.91 Å². The molecule has 94 valence electrons. The van der Waals surface area contributed by atoms with E-state index >= 15 is 0 Å². The van der Waals surface area contributed by atoms with Crippen molar-refractivity contribution in [2.24, 2.45) is 0 Å². The van der Waals surface area contributed by atoms with Gasteiger partial charge >= 0.3 is 0 Å². The van der Waals surface area contributed by atoms with E-state index in [2.05, 4.69) is 10.6 Å². The molecule has 0 spiro atoms. The van der Waals surface area contributed by atoms with Crippen molar-refractivity contribution in [2.75, 3.05) is 5.32 Å². The second-order valence-electron chi connectivity index (χ2n) is 5.02. The molecule has 2 N–H and O–H groups in total. The van der Waals surface area contributed by atoms with Gasteiger partial charge in [-0.05, 0) is 49.4 Å². The molecule has 0 unspecified atom stereocenters. The standard InChI is InChI=1S/C14H16N2O2/c17-13-7-5-9-8-10(4-6-12(9)16-13)14(18)15-11-2-1-3-11/h4,6,8,11H,1-3,5,7H2,(H,15,18)(H,16,17). The molecule has 4 nitrogen and oxygen atoms in total. The molecule has 1 aliphatic carbocycles. The van der Waals surface area contributed by atoms with E-state index in [1.54, 1.807) is 6.07 Å². The maximum Gasteiger partial charge on any atom is 0.251 e. The molecule has 2 amide bonds. The third-order valence-corrected chi connectivity index (χ3v) is 3.70. The van der Waals surface area contributed by atoms with Gasteiger partial charge in [-0.1, -0.05) is 0 Å². The Balaban J connectivity index is 1.76. The average Bonchev–Trinajstić information content (AvgIpc) is 2.33. The van der Waals surface area contributed by atoms with Crippen LogP contribution in [0.2, 0.25) is 0 Å². The Hall–Kier alpha value is -1.84. The Bertz CT molecular complexity index is 507. The van der Waals surface area contributed by atoms with E-state index in [1.807, 2.05) is 12.1 Å². The summed E-state index contributed by atoms with van der Waals surface area (Å²) in [6, 6.07) is 5.84. The van der Waals surface area contributed by atoms with E-state index in [0.717, 1.165) is 24.1 Å². The van der Waals surface area contributed by atoms with Gasteiger partial charge in [-0.15, -0.1) is 0 Å². The summed E-state index contributed by atoms with van der Waals surface area (Å²) in [5.41, 5.74) is 2.58. The van der Waals surface area contributed by atoms with Crippen molar-refractivity contribution in [1.82, 2.24) is 5.32 Å². The van der Waals surface area contributed by atoms with Crippen molar-refractivity contribution in [3.8, 4) is 0 Å². The fourth-order valence-corrected chi connectivity index (χ4v) is 2.35. The van der Waals surface area contributed by atoms with Crippen LogP contribution >= 0.6 is 0 Å². The first-order chi connectivity index (χ1) is 8.72. The third-order valence-electron chi connectivity index (χ3n) is 3.70. The summed E-state index contributed by atoms with van der Waals surface area (Å²) < 4.78 is 0. The van der Waals surface area contributed by atoms with E-state index in [1.165, 1.54) is 6.42 Å². The molecule has 1 aromatic carbocycles. The van der Waals surface area contributed by atoms with Gasteiger partial charge < -0.3 is 10.6 Å². The minimum Gasteiger partial charge on any atom is -0.349 e. The summed E-state index contributed by atoms with van der Waals surface area (Å²) in [6.45, 7) is 0. The lowest BCUT2D eigenvalue weighted by atomic mass is 9.92. The fraction of sp³-hybridized carbons (Fsp3) is 0.429. The summed E-state index contributed by atoms with van der Waals surface area (Å²) >= 11 is 0. The zero-order chi connectivity index (χ0) is 12.5. The van der Waals surface area contributed by atoms with Gasteiger partial charge in [0, 0.05) is 23.7 Å². The lowest BCUT2D eigenvalue weighted by Gasteiger charge is -2.26. The molecule has 0 bridgehead atoms. The van der Waals surface area contributed by atoms with Crippen LogP contribution in [0.4, 0.5) is 5.69 Å². The van der Waals surface area contributed by atoms with Gasteiger partial charge in [-0.25, -0.2) is 0 Å². The summed E-state index contributed by atoms with van der Waals surface area (Å²) in [4.78, 5) is 23.2. The highest BCUT2D eigenvalue weighted by Crippen LogP contribution is 2.24. The number of amides is 2. The molecular formula is C14H16N2O2. The van der Waals surface area contributed by atoms with Crippen LogP contribution in [0.1, 0.15) is 41.6 Å². The zero-order valence-corrected chi connectivity index (χ0v) is 10.2. The summed E-state index contributed by atoms with van der Waals surface area (Å²) in [7, 11) is 0. The van der Waals surface area contributed by atoms with Gasteiger partial charge in [0.05, 0.1) is 0 Å². The van der Waals surface area contributed by atoms with Crippen molar-refractivity contribution < 1.29 is 9.59 Å². The molecule has 1 aliphatic heterocycles. The van der Waals surface area contributed by atoms with Gasteiger partial charge in [0.2, 0.25) is 5.91 Å². The van der Waals surface area contributed by atoms with E-state index < -0.39 is 0 Å². The Morgan fingerprint density at radius 1 is 1.28 bits per heavy atom. The summed E-state index contributed by atoms with van der Waals surface area (Å²) in [6.07, 6.45) is 4.60. The normalized spacial score (nSPS) is 18.6. The van der Waals surface area contributed by atoms with Crippen LogP contribution < -0.4 is 10.6 Å². The smallest absolute Gasteiger partial charge is 0.251 e. The fourth-order valence-electron chi connectivity index (χ4n) is 2.35. The van der Waals surface area contributed by atoms with E-state index in [0.29, 0.717) is 24.4 Å². The van der Waals surface area contributed by atoms with Crippen molar-refractivity contribution in [2.45, 2.75) is 38.1 Å². The predicted octanol–water partition coefficient (Wildman–Crippen LogP) is 1.85. The van der Waals surface area contributed by atoms with Crippen molar-refractivity contribution in [3.05, 3.63) is 29.3 Å². The van der Waals surface area contributed by atoms with E-state index in [-0.39, 0.29) is 11.8 Å². The Kier molecular flexibility index (Phi) is 2.78. The van der Waals surface area contributed by atoms with Gasteiger partial charge in [-0.3, -0.25) is 9.59 Å². The molecule has 0 saturated heterocycles. The molecule has 1 saturated carbocycles. The molecule has 1 aromatic rings. The summed E-state index contributed by atoms with van der Waals surface area (Å²) in [5.74, 6) is 0.0496. The van der Waals surface area contributed by atoms with Crippen molar-refractivity contribution >= 4 is 17.5 Å². The molecule has 0 atom stereocenters. The van der Waals surface area contributed by atoms with Crippen LogP contribution in [0, 0.1) is 0 Å². The molecule has 1 heterocycles. The number of fused-ring (bicyclic) bond motifs is 1. The number of hydrogen-bond donors (Lipinski definition) is 2. The Morgan fingerprint density at radius 3 is 2.83 bits per heavy atom. The van der Waals surface area contributed by atoms with Crippen molar-refractivity contribution in [1.29, 1.82) is 0 Å². The number of rotatable bonds is 2. The highest BCUT2D eigenvalue weighted by atomic mass is 16.2. The lowest BCUT2D eigenvalue weighted by molar-refractivity contribution is -0.116. The van der Waals surface area contributed by atoms with Gasteiger partial charge in [-0.2, -0.15) is 0 Å². The van der Waals surface area contributed by atoms with Crippen LogP contribution in [0.15, 0.2) is 18.2 Å². The maximum atomic E-state index is 12.0. The maximum absolute atomic E-state index is 12.0. The first-order valence-electron chi connectivity index (χ1n) is 6.46. The molecular weight excluding hydrogens is 228 g/mol. The molecule has 4 heteroatoms. The first-order valence-corrected chi connectivity index (χ1v) is 6.46. The number of aryl methyl sites for hydroxylation is 1. The first kappa shape index (κ1) is 11.3. The van der Waals surface area contributed by atoms with E-state index in [4.69, 9.17) is 0 Å². The van der Waals surface area contributed by atoms with Gasteiger partial charge in [0.15, 0.2) is 0 Å². The summed E-state index contributed by atoms with van der Waals surface area (Å²) in [5, 5.41) is 5.84. The highest BCUT2D eigenvalue weighted by molar-refractivity contribution is 5.98. The highest BCUT2D eigenvalue weighted by Gasteiger charge is 2.21. The molecule has 0 aromatic heterocycles. The van der Waals surface area contributed by atoms with Crippen molar-refractivity contribution in [3.63, 3.8) is 0 Å². The minimum absolute atomic E-state index is 0.000556. The second-order valence-corrected chi connectivity index (χ2v) is 5.02. The predicted molar refractivity (Wildman–Crippen MR) is 68.5 cm³/mol. The Labute approximate surface area is 106 Å². The number of anilines is 1. The molecule has 0 radical (unpaired) electrons. The topological polar surface area (TPSA) is 58.2 Å². The second kappa shape index (κ2) is 4.44. The Morgan fingerprint density at radius 2 is 2.11 bits per heavy atom. The number of carbonyl (C=O) groups excluding carboxylic acids is 2.